The van der Waals surface area contributed by atoms with Crippen molar-refractivity contribution in [1.82, 2.24) is 15.0 Å². The molecule has 1 fully saturated rings. The summed E-state index contributed by atoms with van der Waals surface area (Å²) in [5, 5.41) is 9.66. The second-order valence-corrected chi connectivity index (χ2v) is 8.55. The summed E-state index contributed by atoms with van der Waals surface area (Å²) in [5.41, 5.74) is 4.77. The fourth-order valence-electron chi connectivity index (χ4n) is 4.65. The molecule has 2 aliphatic heterocycles. The van der Waals surface area contributed by atoms with E-state index in [9.17, 15) is 5.26 Å². The van der Waals surface area contributed by atoms with E-state index in [0.29, 0.717) is 44.7 Å². The number of aryl methyl sites for hydroxylation is 2. The molecular formula is C25H24N6O3. The number of nitrogens with zero attached hydrogens (tertiary/aromatic N) is 6. The second-order valence-electron chi connectivity index (χ2n) is 8.55. The Balaban J connectivity index is 1.42. The number of aromatic nitrogens is 3. The van der Waals surface area contributed by atoms with E-state index in [0.717, 1.165) is 35.6 Å². The number of hydrogen-bond acceptors (Lipinski definition) is 9. The topological polar surface area (TPSA) is 96.6 Å². The maximum atomic E-state index is 9.66. The fraction of sp³-hybridized carbons (Fsp3) is 0.360. The van der Waals surface area contributed by atoms with Crippen LogP contribution >= 0.6 is 0 Å². The molecule has 0 bridgehead atoms. The fourth-order valence-corrected chi connectivity index (χ4v) is 4.65. The van der Waals surface area contributed by atoms with Crippen molar-refractivity contribution in [3.63, 3.8) is 0 Å². The van der Waals surface area contributed by atoms with E-state index in [1.165, 1.54) is 17.5 Å². The van der Waals surface area contributed by atoms with Crippen LogP contribution in [0.5, 0.6) is 11.5 Å². The molecule has 3 aliphatic rings. The number of nitriles is 1. The lowest BCUT2D eigenvalue weighted by atomic mass is 10.1. The van der Waals surface area contributed by atoms with Crippen LogP contribution in [0.15, 0.2) is 36.4 Å². The quantitative estimate of drug-likeness (QED) is 0.574. The normalized spacial score (nSPS) is 16.3. The average molecular weight is 457 g/mol. The van der Waals surface area contributed by atoms with E-state index in [4.69, 9.17) is 19.2 Å². The van der Waals surface area contributed by atoms with Crippen LogP contribution in [0.2, 0.25) is 0 Å². The lowest BCUT2D eigenvalue weighted by Gasteiger charge is -2.28. The molecule has 9 nitrogen and oxygen atoms in total. The van der Waals surface area contributed by atoms with Gasteiger partial charge in [0.2, 0.25) is 24.5 Å². The van der Waals surface area contributed by atoms with Gasteiger partial charge in [-0.25, -0.2) is 0 Å². The van der Waals surface area contributed by atoms with Crippen LogP contribution < -0.4 is 19.3 Å². The largest absolute Gasteiger partial charge is 0.454 e. The Kier molecular flexibility index (Phi) is 5.35. The van der Waals surface area contributed by atoms with Crippen molar-refractivity contribution in [2.45, 2.75) is 25.8 Å². The summed E-state index contributed by atoms with van der Waals surface area (Å²) in [4.78, 5) is 17.8. The zero-order chi connectivity index (χ0) is 22.9. The molecule has 3 heterocycles. The highest BCUT2D eigenvalue weighted by molar-refractivity contribution is 5.62. The summed E-state index contributed by atoms with van der Waals surface area (Å²) in [6, 6.07) is 14.6. The van der Waals surface area contributed by atoms with E-state index in [-0.39, 0.29) is 12.6 Å². The summed E-state index contributed by atoms with van der Waals surface area (Å²) in [5.74, 6) is 2.52. The van der Waals surface area contributed by atoms with Gasteiger partial charge in [-0.1, -0.05) is 12.1 Å². The number of benzene rings is 2. The van der Waals surface area contributed by atoms with Gasteiger partial charge in [-0.15, -0.1) is 0 Å². The standard InChI is InChI=1S/C25H24N6O3/c26-14-23-27-24(30-8-10-32-11-9-30)29-25(28-23)31(20-6-5-18-2-1-3-19(18)13-20)15-17-4-7-21-22(12-17)34-16-33-21/h4-7,12-13H,1-3,8-11,15-16H2. The first kappa shape index (κ1) is 20.7. The van der Waals surface area contributed by atoms with Gasteiger partial charge < -0.3 is 24.0 Å². The molecule has 1 aliphatic carbocycles. The minimum absolute atomic E-state index is 0.100. The Morgan fingerprint density at radius 2 is 1.79 bits per heavy atom. The Morgan fingerprint density at radius 3 is 2.68 bits per heavy atom. The van der Waals surface area contributed by atoms with Crippen LogP contribution in [-0.4, -0.2) is 48.0 Å². The molecule has 0 amide bonds. The first-order valence-corrected chi connectivity index (χ1v) is 11.5. The molecule has 0 radical (unpaired) electrons. The number of rotatable bonds is 5. The average Bonchev–Trinajstić information content (AvgIpc) is 3.56. The van der Waals surface area contributed by atoms with Gasteiger partial charge in [-0.3, -0.25) is 0 Å². The smallest absolute Gasteiger partial charge is 0.238 e. The van der Waals surface area contributed by atoms with Crippen LogP contribution in [0.25, 0.3) is 0 Å². The molecule has 0 atom stereocenters. The summed E-state index contributed by atoms with van der Waals surface area (Å²) in [6.45, 7) is 3.30. The molecule has 0 unspecified atom stereocenters. The van der Waals surface area contributed by atoms with Crippen molar-refractivity contribution in [3.05, 3.63) is 58.9 Å². The minimum Gasteiger partial charge on any atom is -0.454 e. The minimum atomic E-state index is 0.100. The Hall–Kier alpha value is -3.90. The summed E-state index contributed by atoms with van der Waals surface area (Å²) in [6.07, 6.45) is 3.36. The van der Waals surface area contributed by atoms with Crippen LogP contribution in [0.4, 0.5) is 17.6 Å². The lowest BCUT2D eigenvalue weighted by molar-refractivity contribution is 0.122. The Morgan fingerprint density at radius 1 is 0.941 bits per heavy atom. The molecule has 3 aromatic rings. The maximum Gasteiger partial charge on any atom is 0.238 e. The number of morpholine rings is 1. The highest BCUT2D eigenvalue weighted by Crippen LogP contribution is 2.35. The molecule has 1 saturated heterocycles. The van der Waals surface area contributed by atoms with Gasteiger partial charge in [-0.05, 0) is 60.2 Å². The van der Waals surface area contributed by atoms with Gasteiger partial charge in [0.15, 0.2) is 11.5 Å². The number of fused-ring (bicyclic) bond motifs is 2. The van der Waals surface area contributed by atoms with E-state index in [2.05, 4.69) is 34.2 Å². The third-order valence-corrected chi connectivity index (χ3v) is 6.42. The summed E-state index contributed by atoms with van der Waals surface area (Å²) >= 11 is 0. The van der Waals surface area contributed by atoms with Crippen LogP contribution in [0.1, 0.15) is 28.9 Å². The van der Waals surface area contributed by atoms with Crippen molar-refractivity contribution in [2.24, 2.45) is 0 Å². The Bertz CT molecular complexity index is 1270. The van der Waals surface area contributed by atoms with E-state index in [1.807, 2.05) is 28.0 Å². The first-order valence-electron chi connectivity index (χ1n) is 11.5. The monoisotopic (exact) mass is 456 g/mol. The third kappa shape index (κ3) is 3.97. The molecule has 0 N–H and O–H groups in total. The summed E-state index contributed by atoms with van der Waals surface area (Å²) < 4.78 is 16.5. The SMILES string of the molecule is N#Cc1nc(N2CCOCC2)nc(N(Cc2ccc3c(c2)OCO3)c2ccc3c(c2)CCC3)n1. The van der Waals surface area contributed by atoms with E-state index < -0.39 is 0 Å². The van der Waals surface area contributed by atoms with Gasteiger partial charge in [0.1, 0.15) is 6.07 Å². The molecule has 1 aromatic heterocycles. The number of anilines is 3. The van der Waals surface area contributed by atoms with Gasteiger partial charge in [0.25, 0.3) is 0 Å². The molecule has 34 heavy (non-hydrogen) atoms. The highest BCUT2D eigenvalue weighted by Gasteiger charge is 2.23. The number of ether oxygens (including phenoxy) is 3. The van der Waals surface area contributed by atoms with Crippen LogP contribution in [-0.2, 0) is 24.1 Å². The summed E-state index contributed by atoms with van der Waals surface area (Å²) in [7, 11) is 0. The molecule has 2 aromatic carbocycles. The Labute approximate surface area is 197 Å². The van der Waals surface area contributed by atoms with Gasteiger partial charge >= 0.3 is 0 Å². The predicted octanol–water partition coefficient (Wildman–Crippen LogP) is 3.14. The van der Waals surface area contributed by atoms with Gasteiger partial charge in [-0.2, -0.15) is 20.2 Å². The predicted molar refractivity (Wildman–Crippen MR) is 124 cm³/mol. The number of hydrogen-bond donors (Lipinski definition) is 0. The molecule has 0 spiro atoms. The van der Waals surface area contributed by atoms with Crippen molar-refractivity contribution in [1.29, 1.82) is 5.26 Å². The second kappa shape index (κ2) is 8.80. The zero-order valence-electron chi connectivity index (χ0n) is 18.7. The molecule has 9 heteroatoms. The third-order valence-electron chi connectivity index (χ3n) is 6.42. The van der Waals surface area contributed by atoms with E-state index >= 15 is 0 Å². The van der Waals surface area contributed by atoms with Gasteiger partial charge in [0.05, 0.1) is 19.8 Å². The first-order chi connectivity index (χ1) is 16.8. The van der Waals surface area contributed by atoms with Crippen molar-refractivity contribution in [3.8, 4) is 17.6 Å². The molecular weight excluding hydrogens is 432 g/mol. The zero-order valence-corrected chi connectivity index (χ0v) is 18.7. The van der Waals surface area contributed by atoms with Crippen molar-refractivity contribution in [2.75, 3.05) is 42.9 Å². The highest BCUT2D eigenvalue weighted by atomic mass is 16.7. The molecule has 6 rings (SSSR count). The van der Waals surface area contributed by atoms with Crippen LogP contribution in [0.3, 0.4) is 0 Å². The van der Waals surface area contributed by atoms with Crippen LogP contribution in [0, 0.1) is 11.3 Å². The van der Waals surface area contributed by atoms with Gasteiger partial charge in [0, 0.05) is 18.8 Å². The molecule has 0 saturated carbocycles. The lowest BCUT2D eigenvalue weighted by Crippen LogP contribution is -2.38. The molecule has 172 valence electrons. The van der Waals surface area contributed by atoms with E-state index in [1.54, 1.807) is 0 Å². The maximum absolute atomic E-state index is 9.66. The van der Waals surface area contributed by atoms with Crippen molar-refractivity contribution >= 4 is 17.6 Å². The van der Waals surface area contributed by atoms with Crippen molar-refractivity contribution < 1.29 is 14.2 Å².